The summed E-state index contributed by atoms with van der Waals surface area (Å²) in [5.74, 6) is 0.124. The second-order valence-electron chi connectivity index (χ2n) is 9.05. The van der Waals surface area contributed by atoms with Crippen LogP contribution in [-0.4, -0.2) is 46.8 Å². The molecule has 5 atom stereocenters. The van der Waals surface area contributed by atoms with E-state index < -0.39 is 5.60 Å². The number of nitrogens with one attached hydrogen (secondary N) is 1. The Bertz CT molecular complexity index is 937. The summed E-state index contributed by atoms with van der Waals surface area (Å²) in [6, 6.07) is 16.1. The van der Waals surface area contributed by atoms with E-state index in [1.54, 1.807) is 0 Å². The smallest absolute Gasteiger partial charge is 0.0975 e. The van der Waals surface area contributed by atoms with Gasteiger partial charge >= 0.3 is 0 Å². The summed E-state index contributed by atoms with van der Waals surface area (Å²) in [5, 5.41) is 17.1. The third-order valence-electron chi connectivity index (χ3n) is 7.47. The Morgan fingerprint density at radius 1 is 1.06 bits per heavy atom. The standard InChI is InChI=1S/C25H29Cl2N3O/c26-20-9-3-1-7-18(20)23(19-8-2-4-10-21(19)27)30-17-11-12-22(30)25(31,14-17)24-16(15-28)6-5-13-29-24/h1-10,16-17,22-24,29,31H,11-15,28H2. The van der Waals surface area contributed by atoms with E-state index in [9.17, 15) is 5.11 Å². The van der Waals surface area contributed by atoms with Crippen molar-refractivity contribution in [2.45, 2.75) is 49.0 Å². The van der Waals surface area contributed by atoms with Crippen molar-refractivity contribution in [3.8, 4) is 0 Å². The number of rotatable bonds is 5. The van der Waals surface area contributed by atoms with Crippen molar-refractivity contribution < 1.29 is 5.11 Å². The number of hydrogen-bond acceptors (Lipinski definition) is 4. The lowest BCUT2D eigenvalue weighted by Gasteiger charge is -2.45. The number of hydrogen-bond donors (Lipinski definition) is 3. The van der Waals surface area contributed by atoms with E-state index in [4.69, 9.17) is 28.9 Å². The molecule has 31 heavy (non-hydrogen) atoms. The lowest BCUT2D eigenvalue weighted by Crippen LogP contribution is -2.62. The van der Waals surface area contributed by atoms with Crippen molar-refractivity contribution in [1.82, 2.24) is 10.2 Å². The van der Waals surface area contributed by atoms with Gasteiger partial charge in [0.1, 0.15) is 0 Å². The predicted octanol–water partition coefficient (Wildman–Crippen LogP) is 4.15. The van der Waals surface area contributed by atoms with E-state index in [2.05, 4.69) is 34.5 Å². The molecule has 4 nitrogen and oxygen atoms in total. The van der Waals surface area contributed by atoms with Gasteiger partial charge in [0.25, 0.3) is 0 Å². The van der Waals surface area contributed by atoms with Gasteiger partial charge in [-0.05, 0) is 42.5 Å². The van der Waals surface area contributed by atoms with E-state index in [0.29, 0.717) is 6.54 Å². The maximum Gasteiger partial charge on any atom is 0.0975 e. The van der Waals surface area contributed by atoms with Gasteiger partial charge in [-0.25, -0.2) is 0 Å². The minimum atomic E-state index is -0.849. The fraction of sp³-hybridized carbons (Fsp3) is 0.440. The highest BCUT2D eigenvalue weighted by Gasteiger charge is 2.61. The fourth-order valence-corrected chi connectivity index (χ4v) is 6.68. The van der Waals surface area contributed by atoms with Crippen LogP contribution >= 0.6 is 23.2 Å². The first kappa shape index (κ1) is 21.4. The summed E-state index contributed by atoms with van der Waals surface area (Å²) in [4.78, 5) is 2.48. The predicted molar refractivity (Wildman–Crippen MR) is 126 cm³/mol. The van der Waals surface area contributed by atoms with Gasteiger partial charge in [0.2, 0.25) is 0 Å². The van der Waals surface area contributed by atoms with Gasteiger partial charge in [-0.15, -0.1) is 0 Å². The Hall–Kier alpha value is -1.40. The van der Waals surface area contributed by atoms with Crippen LogP contribution in [0.4, 0.5) is 0 Å². The van der Waals surface area contributed by atoms with E-state index >= 15 is 0 Å². The SMILES string of the molecule is NCC1C=CCNC1C1(O)CC2CCC1N2C(c1ccccc1Cl)c1ccccc1Cl. The van der Waals surface area contributed by atoms with Crippen LogP contribution in [0.25, 0.3) is 0 Å². The maximum atomic E-state index is 12.1. The van der Waals surface area contributed by atoms with E-state index in [-0.39, 0.29) is 30.1 Å². The fourth-order valence-electron chi connectivity index (χ4n) is 6.20. The third kappa shape index (κ3) is 3.54. The zero-order valence-electron chi connectivity index (χ0n) is 17.4. The monoisotopic (exact) mass is 457 g/mol. The van der Waals surface area contributed by atoms with Crippen molar-refractivity contribution in [2.24, 2.45) is 11.7 Å². The molecule has 0 aliphatic carbocycles. The molecule has 2 saturated heterocycles. The number of nitrogens with two attached hydrogens (primary N) is 1. The zero-order chi connectivity index (χ0) is 21.6. The Morgan fingerprint density at radius 2 is 1.71 bits per heavy atom. The number of aliphatic hydroxyl groups is 1. The van der Waals surface area contributed by atoms with Crippen LogP contribution in [0.1, 0.15) is 36.4 Å². The molecule has 5 unspecified atom stereocenters. The van der Waals surface area contributed by atoms with Crippen LogP contribution in [0, 0.1) is 5.92 Å². The molecule has 5 rings (SSSR count). The molecule has 0 amide bonds. The summed E-state index contributed by atoms with van der Waals surface area (Å²) in [5.41, 5.74) is 7.30. The molecule has 4 N–H and O–H groups in total. The average molecular weight is 458 g/mol. The molecule has 2 fully saturated rings. The number of benzene rings is 2. The Balaban J connectivity index is 1.59. The van der Waals surface area contributed by atoms with Gasteiger partial charge < -0.3 is 16.2 Å². The molecule has 6 heteroatoms. The van der Waals surface area contributed by atoms with Gasteiger partial charge in [-0.3, -0.25) is 4.90 Å². The Kier molecular flexibility index (Phi) is 5.89. The minimum absolute atomic E-state index is 0.00750. The summed E-state index contributed by atoms with van der Waals surface area (Å²) >= 11 is 13.4. The molecule has 3 aliphatic heterocycles. The van der Waals surface area contributed by atoms with Crippen molar-refractivity contribution in [2.75, 3.05) is 13.1 Å². The highest BCUT2D eigenvalue weighted by Crippen LogP contribution is 2.53. The summed E-state index contributed by atoms with van der Waals surface area (Å²) in [6.45, 7) is 1.28. The molecule has 0 saturated carbocycles. The summed E-state index contributed by atoms with van der Waals surface area (Å²) in [6.07, 6.45) is 7.01. The molecular formula is C25H29Cl2N3O. The molecule has 2 aromatic rings. The molecule has 0 radical (unpaired) electrons. The number of halogens is 2. The van der Waals surface area contributed by atoms with Crippen molar-refractivity contribution in [3.05, 3.63) is 81.9 Å². The van der Waals surface area contributed by atoms with Gasteiger partial charge in [0.15, 0.2) is 0 Å². The van der Waals surface area contributed by atoms with Crippen LogP contribution in [0.3, 0.4) is 0 Å². The largest absolute Gasteiger partial charge is 0.387 e. The van der Waals surface area contributed by atoms with Gasteiger partial charge in [-0.1, -0.05) is 71.8 Å². The van der Waals surface area contributed by atoms with Gasteiger partial charge in [0, 0.05) is 47.2 Å². The van der Waals surface area contributed by atoms with Crippen molar-refractivity contribution in [3.63, 3.8) is 0 Å². The van der Waals surface area contributed by atoms with Crippen molar-refractivity contribution >= 4 is 23.2 Å². The molecule has 3 heterocycles. The first-order valence-corrected chi connectivity index (χ1v) is 11.9. The topological polar surface area (TPSA) is 61.5 Å². The lowest BCUT2D eigenvalue weighted by atomic mass is 9.73. The summed E-state index contributed by atoms with van der Waals surface area (Å²) < 4.78 is 0. The second kappa shape index (κ2) is 8.51. The zero-order valence-corrected chi connectivity index (χ0v) is 18.9. The Labute approximate surface area is 194 Å². The van der Waals surface area contributed by atoms with E-state index in [0.717, 1.165) is 47.0 Å². The number of fused-ring (bicyclic) bond motifs is 2. The molecule has 0 spiro atoms. The molecule has 2 aromatic carbocycles. The lowest BCUT2D eigenvalue weighted by molar-refractivity contribution is -0.0459. The Morgan fingerprint density at radius 3 is 2.32 bits per heavy atom. The molecule has 2 bridgehead atoms. The second-order valence-corrected chi connectivity index (χ2v) is 9.86. The van der Waals surface area contributed by atoms with Gasteiger partial charge in [0.05, 0.1) is 11.6 Å². The highest BCUT2D eigenvalue weighted by molar-refractivity contribution is 6.32. The molecule has 164 valence electrons. The van der Waals surface area contributed by atoms with E-state index in [1.165, 1.54) is 0 Å². The van der Waals surface area contributed by atoms with Crippen LogP contribution in [0.15, 0.2) is 60.7 Å². The van der Waals surface area contributed by atoms with Crippen molar-refractivity contribution in [1.29, 1.82) is 0 Å². The highest BCUT2D eigenvalue weighted by atomic mass is 35.5. The third-order valence-corrected chi connectivity index (χ3v) is 8.16. The first-order valence-electron chi connectivity index (χ1n) is 11.1. The van der Waals surface area contributed by atoms with Crippen LogP contribution in [0.2, 0.25) is 10.0 Å². The molecule has 0 aromatic heterocycles. The maximum absolute atomic E-state index is 12.1. The summed E-state index contributed by atoms with van der Waals surface area (Å²) in [7, 11) is 0. The quantitative estimate of drug-likeness (QED) is 0.590. The van der Waals surface area contributed by atoms with Gasteiger partial charge in [-0.2, -0.15) is 0 Å². The molecular weight excluding hydrogens is 429 g/mol. The van der Waals surface area contributed by atoms with Crippen LogP contribution < -0.4 is 11.1 Å². The molecule has 3 aliphatic rings. The first-order chi connectivity index (χ1) is 15.0. The average Bonchev–Trinajstić information content (AvgIpc) is 3.32. The minimum Gasteiger partial charge on any atom is -0.387 e. The number of nitrogens with zero attached hydrogens (tertiary/aromatic N) is 1. The van der Waals surface area contributed by atoms with E-state index in [1.807, 2.05) is 36.4 Å². The van der Waals surface area contributed by atoms with Crippen LogP contribution in [-0.2, 0) is 0 Å². The van der Waals surface area contributed by atoms with Crippen LogP contribution in [0.5, 0.6) is 0 Å². The normalized spacial score (nSPS) is 32.8.